The van der Waals surface area contributed by atoms with Gasteiger partial charge in [-0.2, -0.15) is 9.57 Å². The first-order chi connectivity index (χ1) is 8.98. The molecule has 0 radical (unpaired) electrons. The van der Waals surface area contributed by atoms with E-state index >= 15 is 0 Å². The molecule has 1 atom stereocenters. The summed E-state index contributed by atoms with van der Waals surface area (Å²) in [5.41, 5.74) is -0.430. The quantitative estimate of drug-likeness (QED) is 0.885. The van der Waals surface area contributed by atoms with Gasteiger partial charge in [-0.15, -0.1) is 0 Å². The summed E-state index contributed by atoms with van der Waals surface area (Å²) in [6.45, 7) is 1.31. The fourth-order valence-corrected chi connectivity index (χ4v) is 3.66. The van der Waals surface area contributed by atoms with Crippen molar-refractivity contribution < 1.29 is 12.8 Å². The van der Waals surface area contributed by atoms with Crippen LogP contribution in [0.2, 0.25) is 0 Å². The van der Waals surface area contributed by atoms with Crippen LogP contribution in [0.3, 0.4) is 0 Å². The van der Waals surface area contributed by atoms with Crippen LogP contribution in [-0.4, -0.2) is 38.9 Å². The highest BCUT2D eigenvalue weighted by Crippen LogP contribution is 2.23. The molecule has 102 valence electrons. The van der Waals surface area contributed by atoms with Crippen molar-refractivity contribution in [2.75, 3.05) is 20.1 Å². The third-order valence-corrected chi connectivity index (χ3v) is 5.25. The molecule has 1 heterocycles. The number of hydrogen-bond acceptors (Lipinski definition) is 4. The summed E-state index contributed by atoms with van der Waals surface area (Å²) < 4.78 is 39.6. The van der Waals surface area contributed by atoms with Crippen molar-refractivity contribution >= 4 is 10.0 Å². The van der Waals surface area contributed by atoms with Crippen LogP contribution in [-0.2, 0) is 10.0 Å². The maximum atomic E-state index is 13.5. The van der Waals surface area contributed by atoms with E-state index in [0.29, 0.717) is 13.0 Å². The number of nitrogens with one attached hydrogen (secondary N) is 1. The summed E-state index contributed by atoms with van der Waals surface area (Å²) in [6.07, 6.45) is 0.701. The second kappa shape index (κ2) is 5.25. The molecule has 5 nitrogen and oxygen atoms in total. The Balaban J connectivity index is 2.45. The summed E-state index contributed by atoms with van der Waals surface area (Å²) in [5, 5.41) is 12.0. The van der Waals surface area contributed by atoms with Crippen molar-refractivity contribution in [1.82, 2.24) is 9.62 Å². The van der Waals surface area contributed by atoms with Crippen molar-refractivity contribution in [1.29, 1.82) is 5.26 Å². The van der Waals surface area contributed by atoms with E-state index in [-0.39, 0.29) is 10.9 Å². The average molecular weight is 283 g/mol. The van der Waals surface area contributed by atoms with E-state index in [0.717, 1.165) is 12.6 Å². The zero-order valence-electron chi connectivity index (χ0n) is 10.4. The molecule has 1 aliphatic rings. The lowest BCUT2D eigenvalue weighted by Crippen LogP contribution is -2.38. The van der Waals surface area contributed by atoms with Crippen molar-refractivity contribution in [3.05, 3.63) is 29.6 Å². The molecule has 1 saturated heterocycles. The van der Waals surface area contributed by atoms with Gasteiger partial charge in [0.25, 0.3) is 0 Å². The number of sulfonamides is 1. The van der Waals surface area contributed by atoms with Gasteiger partial charge in [0, 0.05) is 19.6 Å². The second-order valence-electron chi connectivity index (χ2n) is 4.39. The van der Waals surface area contributed by atoms with Crippen LogP contribution >= 0.6 is 0 Å². The van der Waals surface area contributed by atoms with E-state index in [2.05, 4.69) is 5.32 Å². The van der Waals surface area contributed by atoms with E-state index in [1.54, 1.807) is 6.07 Å². The highest BCUT2D eigenvalue weighted by atomic mass is 32.2. The highest BCUT2D eigenvalue weighted by molar-refractivity contribution is 7.89. The standard InChI is InChI=1S/C12H14FN3O2S/c1-16(9-5-6-15-8-9)19(17,18)12-4-2-3-11(13)10(12)7-14/h2-4,9,15H,5-6,8H2,1H3. The Labute approximate surface area is 111 Å². The predicted molar refractivity (Wildman–Crippen MR) is 67.3 cm³/mol. The molecular formula is C12H14FN3O2S. The summed E-state index contributed by atoms with van der Waals surface area (Å²) >= 11 is 0. The van der Waals surface area contributed by atoms with Crippen LogP contribution in [0.25, 0.3) is 0 Å². The Morgan fingerprint density at radius 3 is 2.84 bits per heavy atom. The zero-order chi connectivity index (χ0) is 14.0. The Morgan fingerprint density at radius 2 is 2.26 bits per heavy atom. The van der Waals surface area contributed by atoms with Gasteiger partial charge in [-0.1, -0.05) is 6.07 Å². The minimum absolute atomic E-state index is 0.167. The van der Waals surface area contributed by atoms with Crippen molar-refractivity contribution in [3.8, 4) is 6.07 Å². The number of nitrogens with zero attached hydrogens (tertiary/aromatic N) is 2. The smallest absolute Gasteiger partial charge is 0.244 e. The van der Waals surface area contributed by atoms with E-state index in [4.69, 9.17) is 5.26 Å². The molecule has 1 N–H and O–H groups in total. The first-order valence-corrected chi connectivity index (χ1v) is 7.30. The predicted octanol–water partition coefficient (Wildman–Crippen LogP) is 0.680. The van der Waals surface area contributed by atoms with Crippen LogP contribution < -0.4 is 5.32 Å². The normalized spacial score (nSPS) is 19.6. The monoisotopic (exact) mass is 283 g/mol. The fourth-order valence-electron chi connectivity index (χ4n) is 2.13. The highest BCUT2D eigenvalue weighted by Gasteiger charge is 2.32. The molecule has 1 aromatic rings. The lowest BCUT2D eigenvalue weighted by Gasteiger charge is -2.23. The molecule has 0 spiro atoms. The van der Waals surface area contributed by atoms with Crippen LogP contribution in [0.1, 0.15) is 12.0 Å². The molecule has 1 aromatic carbocycles. The molecular weight excluding hydrogens is 269 g/mol. The van der Waals surface area contributed by atoms with E-state index < -0.39 is 21.4 Å². The third-order valence-electron chi connectivity index (χ3n) is 3.29. The van der Waals surface area contributed by atoms with Gasteiger partial charge in [-0.25, -0.2) is 12.8 Å². The number of halogens is 1. The van der Waals surface area contributed by atoms with E-state index in [1.807, 2.05) is 0 Å². The molecule has 1 unspecified atom stereocenters. The van der Waals surface area contributed by atoms with Gasteiger partial charge in [0.05, 0.1) is 0 Å². The van der Waals surface area contributed by atoms with Gasteiger partial charge < -0.3 is 5.32 Å². The van der Waals surface area contributed by atoms with Crippen LogP contribution in [0.15, 0.2) is 23.1 Å². The molecule has 1 aliphatic heterocycles. The molecule has 0 aromatic heterocycles. The molecule has 0 aliphatic carbocycles. The molecule has 1 fully saturated rings. The largest absolute Gasteiger partial charge is 0.315 e. The summed E-state index contributed by atoms with van der Waals surface area (Å²) in [5.74, 6) is -0.818. The molecule has 19 heavy (non-hydrogen) atoms. The number of nitriles is 1. The SMILES string of the molecule is CN(C1CCNC1)S(=O)(=O)c1cccc(F)c1C#N. The third kappa shape index (κ3) is 2.47. The van der Waals surface area contributed by atoms with Gasteiger partial charge >= 0.3 is 0 Å². The Kier molecular flexibility index (Phi) is 3.85. The molecule has 7 heteroatoms. The van der Waals surface area contributed by atoms with Gasteiger partial charge in [0.2, 0.25) is 10.0 Å². The number of likely N-dealkylation sites (N-methyl/N-ethyl adjacent to an activating group) is 1. The van der Waals surface area contributed by atoms with Crippen molar-refractivity contribution in [3.63, 3.8) is 0 Å². The van der Waals surface area contributed by atoms with Gasteiger partial charge in [-0.05, 0) is 25.1 Å². The topological polar surface area (TPSA) is 73.2 Å². The van der Waals surface area contributed by atoms with Crippen LogP contribution in [0.4, 0.5) is 4.39 Å². The fraction of sp³-hybridized carbons (Fsp3) is 0.417. The molecule has 0 amide bonds. The lowest BCUT2D eigenvalue weighted by atomic mass is 10.2. The molecule has 0 bridgehead atoms. The first kappa shape index (κ1) is 13.9. The number of rotatable bonds is 3. The minimum atomic E-state index is -3.86. The molecule has 0 saturated carbocycles. The summed E-state index contributed by atoms with van der Waals surface area (Å²) in [4.78, 5) is -0.274. The zero-order valence-corrected chi connectivity index (χ0v) is 11.2. The van der Waals surface area contributed by atoms with E-state index in [1.165, 1.54) is 23.5 Å². The Bertz CT molecular complexity index is 618. The van der Waals surface area contributed by atoms with Crippen molar-refractivity contribution in [2.45, 2.75) is 17.4 Å². The second-order valence-corrected chi connectivity index (χ2v) is 6.36. The minimum Gasteiger partial charge on any atom is -0.315 e. The van der Waals surface area contributed by atoms with Crippen LogP contribution in [0, 0.1) is 17.1 Å². The van der Waals surface area contributed by atoms with Gasteiger partial charge in [0.1, 0.15) is 22.3 Å². The molecule has 2 rings (SSSR count). The maximum Gasteiger partial charge on any atom is 0.244 e. The van der Waals surface area contributed by atoms with Crippen LogP contribution in [0.5, 0.6) is 0 Å². The number of hydrogen-bond donors (Lipinski definition) is 1. The van der Waals surface area contributed by atoms with Crippen molar-refractivity contribution in [2.24, 2.45) is 0 Å². The summed E-state index contributed by atoms with van der Waals surface area (Å²) in [7, 11) is -2.40. The summed E-state index contributed by atoms with van der Waals surface area (Å²) in [6, 6.07) is 5.09. The van der Waals surface area contributed by atoms with Gasteiger partial charge in [-0.3, -0.25) is 0 Å². The average Bonchev–Trinajstić information content (AvgIpc) is 2.91. The Hall–Kier alpha value is -1.49. The first-order valence-electron chi connectivity index (χ1n) is 5.86. The Morgan fingerprint density at radius 1 is 1.53 bits per heavy atom. The van der Waals surface area contributed by atoms with E-state index in [9.17, 15) is 12.8 Å². The van der Waals surface area contributed by atoms with Gasteiger partial charge in [0.15, 0.2) is 0 Å². The number of benzene rings is 1. The maximum absolute atomic E-state index is 13.5. The lowest BCUT2D eigenvalue weighted by molar-refractivity contribution is 0.387.